The predicted octanol–water partition coefficient (Wildman–Crippen LogP) is 1.30. The van der Waals surface area contributed by atoms with E-state index in [0.717, 1.165) is 0 Å². The third kappa shape index (κ3) is 4.15. The molecule has 0 aromatic carbocycles. The third-order valence-corrected chi connectivity index (χ3v) is 13.8. The Morgan fingerprint density at radius 1 is 0.600 bits per heavy atom. The normalized spacial score (nSPS) is 19.4. The molecule has 0 aromatic rings. The van der Waals surface area contributed by atoms with Crippen LogP contribution in [0.2, 0.25) is 6.25 Å². The molecular formula is C22H34Cl2Zr. The first kappa shape index (κ1) is 25.4. The minimum atomic E-state index is -0.816. The molecule has 0 nitrogen and oxygen atoms in total. The van der Waals surface area contributed by atoms with E-state index in [-0.39, 0.29) is 24.8 Å². The smallest absolute Gasteiger partial charge is 1.00 e. The fourth-order valence-corrected chi connectivity index (χ4v) is 10.9. The van der Waals surface area contributed by atoms with E-state index in [1.54, 1.807) is 0 Å². The zero-order valence-electron chi connectivity index (χ0n) is 16.7. The summed E-state index contributed by atoms with van der Waals surface area (Å²) in [6.07, 6.45) is 24.6. The molecule has 140 valence electrons. The van der Waals surface area contributed by atoms with Crippen LogP contribution in [0.25, 0.3) is 0 Å². The molecule has 25 heavy (non-hydrogen) atoms. The van der Waals surface area contributed by atoms with Crippen LogP contribution < -0.4 is 24.8 Å². The van der Waals surface area contributed by atoms with Crippen molar-refractivity contribution in [2.24, 2.45) is 10.8 Å². The molecule has 0 saturated carbocycles. The van der Waals surface area contributed by atoms with E-state index in [0.29, 0.717) is 17.1 Å². The average Bonchev–Trinajstić information content (AvgIpc) is 3.25. The maximum atomic E-state index is 2.57. The van der Waals surface area contributed by atoms with Gasteiger partial charge < -0.3 is 24.8 Å². The Kier molecular flexibility index (Phi) is 9.73. The monoisotopic (exact) mass is 458 g/mol. The predicted molar refractivity (Wildman–Crippen MR) is 99.3 cm³/mol. The maximum Gasteiger partial charge on any atom is -1.00 e. The molecule has 0 fully saturated rings. The summed E-state index contributed by atoms with van der Waals surface area (Å²) in [5.41, 5.74) is 0.782. The molecule has 2 aliphatic rings. The van der Waals surface area contributed by atoms with Crippen molar-refractivity contribution in [2.75, 3.05) is 0 Å². The van der Waals surface area contributed by atoms with Gasteiger partial charge >= 0.3 is 156 Å². The SMILES string of the molecule is CCC(C)(CC)[C]1([Zr+2][C]2(C(C)(CC)CC)C=CC=C2)C=CC=C1.[Cl-].[Cl-]. The van der Waals surface area contributed by atoms with E-state index in [1.165, 1.54) is 25.7 Å². The van der Waals surface area contributed by atoms with Gasteiger partial charge in [-0.2, -0.15) is 0 Å². The standard InChI is InChI=1S/2C11H17.2ClH.Zr/c2*1-4-11(3,5-2)10-8-6-7-9-10;;;/h2*6-9H,4-5H2,1-3H3;2*1H;/q;;;;+2/p-2. The Labute approximate surface area is 180 Å². The maximum absolute atomic E-state index is 2.57. The molecule has 0 heterocycles. The Hall–Kier alpha value is 0.423. The van der Waals surface area contributed by atoms with Crippen molar-refractivity contribution in [2.45, 2.75) is 73.5 Å². The molecule has 0 atom stereocenters. The minimum absolute atomic E-state index is 0. The van der Waals surface area contributed by atoms with Gasteiger partial charge in [0.25, 0.3) is 0 Å². The summed E-state index contributed by atoms with van der Waals surface area (Å²) in [7, 11) is 0. The van der Waals surface area contributed by atoms with Crippen LogP contribution in [0.5, 0.6) is 0 Å². The van der Waals surface area contributed by atoms with Crippen molar-refractivity contribution in [3.8, 4) is 0 Å². The van der Waals surface area contributed by atoms with Crippen molar-refractivity contribution >= 4 is 0 Å². The molecule has 0 unspecified atom stereocenters. The molecule has 3 heteroatoms. The van der Waals surface area contributed by atoms with Crippen molar-refractivity contribution in [3.05, 3.63) is 48.6 Å². The van der Waals surface area contributed by atoms with Gasteiger partial charge in [-0.3, -0.25) is 0 Å². The van der Waals surface area contributed by atoms with Gasteiger partial charge in [-0.15, -0.1) is 0 Å². The van der Waals surface area contributed by atoms with Crippen LogP contribution >= 0.6 is 0 Å². The average molecular weight is 461 g/mol. The van der Waals surface area contributed by atoms with E-state index in [2.05, 4.69) is 90.2 Å². The van der Waals surface area contributed by atoms with E-state index in [9.17, 15) is 0 Å². The molecule has 0 aliphatic heterocycles. The van der Waals surface area contributed by atoms with Gasteiger partial charge in [0.15, 0.2) is 0 Å². The van der Waals surface area contributed by atoms with E-state index in [1.807, 2.05) is 0 Å². The Morgan fingerprint density at radius 2 is 0.840 bits per heavy atom. The summed E-state index contributed by atoms with van der Waals surface area (Å²) < 4.78 is 0.676. The molecule has 0 aromatic heterocycles. The van der Waals surface area contributed by atoms with Gasteiger partial charge in [-0.1, -0.05) is 0 Å². The summed E-state index contributed by atoms with van der Waals surface area (Å²) >= 11 is -0.816. The van der Waals surface area contributed by atoms with Crippen LogP contribution in [0.4, 0.5) is 0 Å². The molecule has 0 radical (unpaired) electrons. The third-order valence-electron chi connectivity index (χ3n) is 7.19. The number of hydrogen-bond donors (Lipinski definition) is 0. The number of hydrogen-bond acceptors (Lipinski definition) is 0. The second-order valence-electron chi connectivity index (χ2n) is 7.84. The molecular weight excluding hydrogens is 426 g/mol. The van der Waals surface area contributed by atoms with Crippen LogP contribution in [-0.4, -0.2) is 0 Å². The summed E-state index contributed by atoms with van der Waals surface area (Å²) in [4.78, 5) is 0. The summed E-state index contributed by atoms with van der Waals surface area (Å²) in [5, 5.41) is 0. The van der Waals surface area contributed by atoms with Crippen molar-refractivity contribution in [3.63, 3.8) is 0 Å². The van der Waals surface area contributed by atoms with Gasteiger partial charge in [-0.05, 0) is 0 Å². The Morgan fingerprint density at radius 3 is 1.04 bits per heavy atom. The molecule has 0 amide bonds. The van der Waals surface area contributed by atoms with Crippen LogP contribution in [-0.2, 0) is 23.2 Å². The van der Waals surface area contributed by atoms with Gasteiger partial charge in [0.05, 0.1) is 0 Å². The fourth-order valence-electron chi connectivity index (χ4n) is 4.23. The zero-order chi connectivity index (χ0) is 17.2. The van der Waals surface area contributed by atoms with Crippen LogP contribution in [0.1, 0.15) is 67.2 Å². The van der Waals surface area contributed by atoms with Gasteiger partial charge in [0.2, 0.25) is 0 Å². The largest absolute Gasteiger partial charge is 1.00 e. The zero-order valence-corrected chi connectivity index (χ0v) is 20.7. The summed E-state index contributed by atoms with van der Waals surface area (Å²) in [6, 6.07) is 0. The van der Waals surface area contributed by atoms with Crippen molar-refractivity contribution in [1.82, 2.24) is 0 Å². The first-order valence-corrected chi connectivity index (χ1v) is 11.9. The van der Waals surface area contributed by atoms with Crippen LogP contribution in [0, 0.1) is 10.8 Å². The fraction of sp³-hybridized carbons (Fsp3) is 0.636. The van der Waals surface area contributed by atoms with E-state index in [4.69, 9.17) is 0 Å². The number of allylic oxidation sites excluding steroid dienone is 8. The Balaban J connectivity index is 0.00000288. The summed E-state index contributed by atoms with van der Waals surface area (Å²) in [5.74, 6) is 0. The molecule has 0 spiro atoms. The van der Waals surface area contributed by atoms with Crippen LogP contribution in [0.15, 0.2) is 48.6 Å². The molecule has 0 N–H and O–H groups in total. The number of rotatable bonds is 8. The van der Waals surface area contributed by atoms with E-state index >= 15 is 0 Å². The van der Waals surface area contributed by atoms with Crippen molar-refractivity contribution in [1.29, 1.82) is 0 Å². The minimum Gasteiger partial charge on any atom is -1.00 e. The van der Waals surface area contributed by atoms with E-state index < -0.39 is 23.2 Å². The Bertz CT molecular complexity index is 462. The quantitative estimate of drug-likeness (QED) is 0.512. The van der Waals surface area contributed by atoms with Gasteiger partial charge in [-0.25, -0.2) is 0 Å². The summed E-state index contributed by atoms with van der Waals surface area (Å²) in [6.45, 7) is 14.6. The van der Waals surface area contributed by atoms with Gasteiger partial charge in [0, 0.05) is 0 Å². The topological polar surface area (TPSA) is 0 Å². The first-order valence-electron chi connectivity index (χ1n) is 9.40. The van der Waals surface area contributed by atoms with Crippen LogP contribution in [0.3, 0.4) is 0 Å². The molecule has 2 rings (SSSR count). The van der Waals surface area contributed by atoms with Crippen molar-refractivity contribution < 1.29 is 48.0 Å². The first-order chi connectivity index (χ1) is 10.9. The second-order valence-corrected chi connectivity index (χ2v) is 12.5. The molecule has 0 bridgehead atoms. The van der Waals surface area contributed by atoms with Gasteiger partial charge in [0.1, 0.15) is 0 Å². The molecule has 2 aliphatic carbocycles. The number of halogens is 2. The second kappa shape index (κ2) is 9.57. The molecule has 0 saturated heterocycles.